The van der Waals surface area contributed by atoms with Crippen LogP contribution in [0.25, 0.3) is 5.69 Å². The van der Waals surface area contributed by atoms with Crippen molar-refractivity contribution in [2.45, 2.75) is 24.7 Å². The number of nitrogens with one attached hydrogen (secondary N) is 1. The number of aromatic nitrogens is 2. The van der Waals surface area contributed by atoms with Crippen molar-refractivity contribution in [3.05, 3.63) is 75.4 Å². The van der Waals surface area contributed by atoms with Gasteiger partial charge in [-0.1, -0.05) is 43.6 Å². The van der Waals surface area contributed by atoms with Crippen molar-refractivity contribution in [1.29, 1.82) is 0 Å². The third-order valence-electron chi connectivity index (χ3n) is 4.28. The molecule has 0 amide bonds. The van der Waals surface area contributed by atoms with Gasteiger partial charge < -0.3 is 0 Å². The van der Waals surface area contributed by atoms with E-state index in [0.29, 0.717) is 11.4 Å². The fraction of sp³-hybridized carbons (Fsp3) is 0.211. The minimum Gasteiger partial charge on any atom is -0.283 e. The smallest absolute Gasteiger partial charge is 0.283 e. The zero-order chi connectivity index (χ0) is 20.6. The van der Waals surface area contributed by atoms with Crippen molar-refractivity contribution in [3.8, 4) is 5.69 Å². The van der Waals surface area contributed by atoms with E-state index in [1.54, 1.807) is 36.0 Å². The van der Waals surface area contributed by atoms with Crippen LogP contribution in [-0.4, -0.2) is 17.8 Å². The molecule has 0 atom stereocenters. The van der Waals surface area contributed by atoms with E-state index in [9.17, 15) is 17.6 Å². The summed E-state index contributed by atoms with van der Waals surface area (Å²) in [6.07, 6.45) is 0. The molecule has 28 heavy (non-hydrogen) atoms. The number of hydrogen-bond donors (Lipinski definition) is 1. The highest BCUT2D eigenvalue weighted by Gasteiger charge is 2.27. The number of hydrogen-bond acceptors (Lipinski definition) is 3. The Kier molecular flexibility index (Phi) is 5.36. The van der Waals surface area contributed by atoms with Gasteiger partial charge in [-0.05, 0) is 36.2 Å². The summed E-state index contributed by atoms with van der Waals surface area (Å²) in [6.45, 7) is 3.68. The number of nitrogens with zero attached hydrogens (tertiary/aromatic N) is 2. The Hall–Kier alpha value is -2.58. The van der Waals surface area contributed by atoms with Crippen molar-refractivity contribution in [1.82, 2.24) is 9.36 Å². The monoisotopic (exact) mass is 423 g/mol. The molecule has 3 aromatic rings. The molecule has 0 saturated carbocycles. The van der Waals surface area contributed by atoms with Crippen LogP contribution in [0.15, 0.2) is 58.2 Å². The molecule has 0 bridgehead atoms. The zero-order valence-corrected chi connectivity index (χ0v) is 17.1. The normalized spacial score (nSPS) is 11.8. The molecule has 148 valence electrons. The number of halogens is 2. The molecule has 0 aliphatic rings. The van der Waals surface area contributed by atoms with E-state index in [2.05, 4.69) is 4.72 Å². The van der Waals surface area contributed by atoms with Gasteiger partial charge >= 0.3 is 0 Å². The highest BCUT2D eigenvalue weighted by atomic mass is 35.5. The number of benzene rings is 2. The van der Waals surface area contributed by atoms with Crippen LogP contribution in [0.5, 0.6) is 0 Å². The van der Waals surface area contributed by atoms with Gasteiger partial charge in [-0.3, -0.25) is 14.2 Å². The Bertz CT molecular complexity index is 1190. The predicted molar refractivity (Wildman–Crippen MR) is 107 cm³/mol. The SMILES string of the molecule is CC(C)c1c(NS(=O)(=O)c2ccc(Cl)cc2F)c(=O)n(-c2ccccc2)n1C. The van der Waals surface area contributed by atoms with Crippen LogP contribution in [0.1, 0.15) is 25.5 Å². The average molecular weight is 424 g/mol. The quantitative estimate of drug-likeness (QED) is 0.676. The largest absolute Gasteiger partial charge is 0.296 e. The lowest BCUT2D eigenvalue weighted by Crippen LogP contribution is -2.23. The Morgan fingerprint density at radius 2 is 1.75 bits per heavy atom. The van der Waals surface area contributed by atoms with Crippen LogP contribution in [-0.2, 0) is 17.1 Å². The Morgan fingerprint density at radius 1 is 1.11 bits per heavy atom. The van der Waals surface area contributed by atoms with Crippen molar-refractivity contribution >= 4 is 27.3 Å². The van der Waals surface area contributed by atoms with Crippen LogP contribution in [0.2, 0.25) is 5.02 Å². The van der Waals surface area contributed by atoms with Gasteiger partial charge in [-0.25, -0.2) is 17.5 Å². The second-order valence-electron chi connectivity index (χ2n) is 6.57. The van der Waals surface area contributed by atoms with Gasteiger partial charge in [0.05, 0.1) is 11.4 Å². The zero-order valence-electron chi connectivity index (χ0n) is 15.5. The first-order valence-corrected chi connectivity index (χ1v) is 10.3. The predicted octanol–water partition coefficient (Wildman–Crippen LogP) is 3.89. The van der Waals surface area contributed by atoms with E-state index in [1.807, 2.05) is 19.9 Å². The molecular weight excluding hydrogens is 405 g/mol. The lowest BCUT2D eigenvalue weighted by molar-refractivity contribution is 0.570. The molecule has 1 N–H and O–H groups in total. The van der Waals surface area contributed by atoms with Crippen molar-refractivity contribution in [2.24, 2.45) is 7.05 Å². The van der Waals surface area contributed by atoms with E-state index in [-0.39, 0.29) is 16.6 Å². The van der Waals surface area contributed by atoms with Crippen LogP contribution in [0, 0.1) is 5.82 Å². The fourth-order valence-corrected chi connectivity index (χ4v) is 4.41. The molecule has 0 aliphatic carbocycles. The average Bonchev–Trinajstić information content (AvgIpc) is 2.85. The number of rotatable bonds is 5. The Morgan fingerprint density at radius 3 is 2.32 bits per heavy atom. The first-order valence-electron chi connectivity index (χ1n) is 8.48. The number of sulfonamides is 1. The summed E-state index contributed by atoms with van der Waals surface area (Å²) in [7, 11) is -2.66. The second-order valence-corrected chi connectivity index (χ2v) is 8.66. The molecule has 1 aromatic heterocycles. The topological polar surface area (TPSA) is 73.1 Å². The Labute approximate surface area is 167 Å². The van der Waals surface area contributed by atoms with Crippen LogP contribution < -0.4 is 10.3 Å². The van der Waals surface area contributed by atoms with Crippen molar-refractivity contribution in [3.63, 3.8) is 0 Å². The highest BCUT2D eigenvalue weighted by molar-refractivity contribution is 7.92. The molecule has 0 spiro atoms. The summed E-state index contributed by atoms with van der Waals surface area (Å²) >= 11 is 5.70. The first-order chi connectivity index (χ1) is 13.1. The number of anilines is 1. The van der Waals surface area contributed by atoms with Gasteiger partial charge in [0.2, 0.25) is 0 Å². The summed E-state index contributed by atoms with van der Waals surface area (Å²) in [6, 6.07) is 12.1. The summed E-state index contributed by atoms with van der Waals surface area (Å²) < 4.78 is 44.9. The number of para-hydroxylation sites is 1. The highest BCUT2D eigenvalue weighted by Crippen LogP contribution is 2.27. The molecule has 6 nitrogen and oxygen atoms in total. The maximum atomic E-state index is 14.2. The van der Waals surface area contributed by atoms with E-state index in [4.69, 9.17) is 11.6 Å². The van der Waals surface area contributed by atoms with E-state index in [1.165, 1.54) is 10.7 Å². The van der Waals surface area contributed by atoms with Crippen molar-refractivity contribution < 1.29 is 12.8 Å². The van der Waals surface area contributed by atoms with E-state index in [0.717, 1.165) is 12.1 Å². The summed E-state index contributed by atoms with van der Waals surface area (Å²) in [5, 5.41) is 0.0745. The van der Waals surface area contributed by atoms with Gasteiger partial charge in [-0.2, -0.15) is 0 Å². The molecule has 3 rings (SSSR count). The van der Waals surface area contributed by atoms with Crippen LogP contribution >= 0.6 is 11.6 Å². The molecule has 9 heteroatoms. The second kappa shape index (κ2) is 7.44. The van der Waals surface area contributed by atoms with Gasteiger partial charge in [0.25, 0.3) is 15.6 Å². The molecule has 0 unspecified atom stereocenters. The lowest BCUT2D eigenvalue weighted by atomic mass is 10.1. The van der Waals surface area contributed by atoms with E-state index < -0.39 is 26.3 Å². The maximum absolute atomic E-state index is 14.2. The summed E-state index contributed by atoms with van der Waals surface area (Å²) in [4.78, 5) is 12.5. The van der Waals surface area contributed by atoms with Crippen molar-refractivity contribution in [2.75, 3.05) is 4.72 Å². The minimum atomic E-state index is -4.34. The van der Waals surface area contributed by atoms with Gasteiger partial charge in [0.15, 0.2) is 0 Å². The summed E-state index contributed by atoms with van der Waals surface area (Å²) in [5.74, 6) is -1.17. The molecule has 0 saturated heterocycles. The minimum absolute atomic E-state index is 0.0745. The Balaban J connectivity index is 2.18. The van der Waals surface area contributed by atoms with Gasteiger partial charge in [-0.15, -0.1) is 0 Å². The van der Waals surface area contributed by atoms with E-state index >= 15 is 0 Å². The lowest BCUT2D eigenvalue weighted by Gasteiger charge is -2.13. The molecular formula is C19H19ClFN3O3S. The molecule has 0 radical (unpaired) electrons. The van der Waals surface area contributed by atoms with Gasteiger partial charge in [0, 0.05) is 12.1 Å². The standard InChI is InChI=1S/C19H19ClFN3O3S/c1-12(2)18-17(19(25)24(23(18)3)14-7-5-4-6-8-14)22-28(26,27)16-10-9-13(20)11-15(16)21/h4-12,22H,1-3H3. The fourth-order valence-electron chi connectivity index (χ4n) is 3.12. The van der Waals surface area contributed by atoms with Gasteiger partial charge in [0.1, 0.15) is 16.4 Å². The first kappa shape index (κ1) is 20.2. The third kappa shape index (κ3) is 3.57. The third-order valence-corrected chi connectivity index (χ3v) is 5.90. The molecule has 0 aliphatic heterocycles. The maximum Gasteiger partial charge on any atom is 0.296 e. The van der Waals surface area contributed by atoms with Crippen LogP contribution in [0.3, 0.4) is 0 Å². The molecule has 1 heterocycles. The van der Waals surface area contributed by atoms with Crippen LogP contribution in [0.4, 0.5) is 10.1 Å². The summed E-state index contributed by atoms with van der Waals surface area (Å²) in [5.41, 5.74) is 0.401. The molecule has 0 fully saturated rings. The molecule has 2 aromatic carbocycles.